The van der Waals surface area contributed by atoms with Crippen LogP contribution in [0, 0.1) is 11.7 Å². The molecule has 19 heavy (non-hydrogen) atoms. The van der Waals surface area contributed by atoms with E-state index in [0.29, 0.717) is 24.7 Å². The van der Waals surface area contributed by atoms with Crippen LogP contribution < -0.4 is 0 Å². The lowest BCUT2D eigenvalue weighted by Gasteiger charge is -2.13. The van der Waals surface area contributed by atoms with E-state index in [4.69, 9.17) is 0 Å². The molecule has 1 N–H and O–H groups in total. The van der Waals surface area contributed by atoms with Gasteiger partial charge < -0.3 is 5.11 Å². The second-order valence-electron chi connectivity index (χ2n) is 5.05. The summed E-state index contributed by atoms with van der Waals surface area (Å²) in [4.78, 5) is 4.11. The molecule has 4 nitrogen and oxygen atoms in total. The first-order valence-electron chi connectivity index (χ1n) is 6.36. The van der Waals surface area contributed by atoms with Gasteiger partial charge in [-0.1, -0.05) is 26.0 Å². The molecule has 0 saturated carbocycles. The van der Waals surface area contributed by atoms with E-state index in [-0.39, 0.29) is 5.82 Å². The molecule has 1 unspecified atom stereocenters. The minimum absolute atomic E-state index is 0.262. The molecule has 0 aliphatic heterocycles. The minimum atomic E-state index is -0.622. The van der Waals surface area contributed by atoms with Gasteiger partial charge in [-0.25, -0.2) is 14.1 Å². The topological polar surface area (TPSA) is 50.9 Å². The van der Waals surface area contributed by atoms with Gasteiger partial charge in [-0.05, 0) is 30.0 Å². The maximum Gasteiger partial charge on any atom is 0.156 e. The van der Waals surface area contributed by atoms with E-state index in [9.17, 15) is 9.50 Å². The van der Waals surface area contributed by atoms with Crippen molar-refractivity contribution in [3.63, 3.8) is 0 Å². The monoisotopic (exact) mass is 263 g/mol. The molecule has 0 bridgehead atoms. The van der Waals surface area contributed by atoms with Gasteiger partial charge in [-0.2, -0.15) is 5.10 Å². The number of benzene rings is 1. The highest BCUT2D eigenvalue weighted by atomic mass is 19.1. The van der Waals surface area contributed by atoms with Crippen molar-refractivity contribution >= 4 is 0 Å². The van der Waals surface area contributed by atoms with Crippen LogP contribution in [0.3, 0.4) is 0 Å². The predicted octanol–water partition coefficient (Wildman–Crippen LogP) is 2.55. The molecule has 2 rings (SSSR count). The zero-order valence-electron chi connectivity index (χ0n) is 11.1. The molecule has 1 aromatic heterocycles. The Labute approximate surface area is 111 Å². The summed E-state index contributed by atoms with van der Waals surface area (Å²) >= 11 is 0. The molecule has 5 heteroatoms. The number of nitrogens with zero attached hydrogens (tertiary/aromatic N) is 3. The fraction of sp³-hybridized carbons (Fsp3) is 0.429. The van der Waals surface area contributed by atoms with Crippen LogP contribution >= 0.6 is 0 Å². The Morgan fingerprint density at radius 3 is 2.58 bits per heavy atom. The molecular formula is C14H18FN3O. The Balaban J connectivity index is 2.13. The molecule has 1 atom stereocenters. The number of rotatable bonds is 5. The van der Waals surface area contributed by atoms with Crippen molar-refractivity contribution in [2.45, 2.75) is 32.9 Å². The van der Waals surface area contributed by atoms with Gasteiger partial charge in [0.1, 0.15) is 18.2 Å². The lowest BCUT2D eigenvalue weighted by molar-refractivity contribution is 0.136. The van der Waals surface area contributed by atoms with Crippen molar-refractivity contribution in [2.24, 2.45) is 5.92 Å². The molecule has 0 saturated heterocycles. The van der Waals surface area contributed by atoms with Gasteiger partial charge in [0.15, 0.2) is 5.82 Å². The summed E-state index contributed by atoms with van der Waals surface area (Å²) in [5, 5.41) is 14.2. The van der Waals surface area contributed by atoms with Gasteiger partial charge in [-0.3, -0.25) is 0 Å². The molecule has 0 spiro atoms. The molecule has 0 radical (unpaired) electrons. The van der Waals surface area contributed by atoms with E-state index in [1.165, 1.54) is 18.5 Å². The van der Waals surface area contributed by atoms with Crippen molar-refractivity contribution in [3.05, 3.63) is 47.8 Å². The predicted molar refractivity (Wildman–Crippen MR) is 69.9 cm³/mol. The molecule has 102 valence electrons. The van der Waals surface area contributed by atoms with Crippen LogP contribution in [-0.4, -0.2) is 19.9 Å². The van der Waals surface area contributed by atoms with Gasteiger partial charge >= 0.3 is 0 Å². The summed E-state index contributed by atoms with van der Waals surface area (Å²) in [6.07, 6.45) is 1.45. The molecule has 0 aliphatic rings. The third kappa shape index (κ3) is 3.61. The molecule has 0 amide bonds. The summed E-state index contributed by atoms with van der Waals surface area (Å²) in [6, 6.07) is 6.23. The van der Waals surface area contributed by atoms with Crippen LogP contribution in [0.4, 0.5) is 4.39 Å². The zero-order valence-corrected chi connectivity index (χ0v) is 11.1. The van der Waals surface area contributed by atoms with Crippen LogP contribution in [0.15, 0.2) is 30.6 Å². The summed E-state index contributed by atoms with van der Waals surface area (Å²) in [5.41, 5.74) is 0.921. The van der Waals surface area contributed by atoms with Gasteiger partial charge in [0.05, 0.1) is 6.54 Å². The van der Waals surface area contributed by atoms with Crippen LogP contribution in [-0.2, 0) is 6.54 Å². The fourth-order valence-electron chi connectivity index (χ4n) is 1.97. The number of hydrogen-bond donors (Lipinski definition) is 1. The fourth-order valence-corrected chi connectivity index (χ4v) is 1.97. The van der Waals surface area contributed by atoms with E-state index < -0.39 is 6.10 Å². The Kier molecular flexibility index (Phi) is 4.27. The number of aliphatic hydroxyl groups excluding tert-OH is 1. The van der Waals surface area contributed by atoms with Crippen molar-refractivity contribution in [2.75, 3.05) is 0 Å². The van der Waals surface area contributed by atoms with Crippen molar-refractivity contribution in [1.29, 1.82) is 0 Å². The number of aliphatic hydroxyl groups is 1. The highest BCUT2D eigenvalue weighted by molar-refractivity contribution is 5.16. The number of halogens is 1. The van der Waals surface area contributed by atoms with E-state index in [0.717, 1.165) is 5.56 Å². The third-order valence-corrected chi connectivity index (χ3v) is 2.88. The molecule has 0 aliphatic carbocycles. The van der Waals surface area contributed by atoms with Gasteiger partial charge in [0, 0.05) is 0 Å². The van der Waals surface area contributed by atoms with Crippen LogP contribution in [0.1, 0.15) is 37.8 Å². The first kappa shape index (κ1) is 13.7. The Hall–Kier alpha value is -1.75. The first-order valence-corrected chi connectivity index (χ1v) is 6.36. The van der Waals surface area contributed by atoms with Gasteiger partial charge in [-0.15, -0.1) is 0 Å². The maximum absolute atomic E-state index is 12.8. The molecule has 2 aromatic rings. The zero-order chi connectivity index (χ0) is 13.8. The number of aromatic nitrogens is 3. The standard InChI is InChI=1S/C14H18FN3O/c1-10(2)7-13(19)14-16-9-17-18(14)8-11-3-5-12(15)6-4-11/h3-6,9-10,13,19H,7-8H2,1-2H3. The van der Waals surface area contributed by atoms with Gasteiger partial charge in [0.2, 0.25) is 0 Å². The summed E-state index contributed by atoms with van der Waals surface area (Å²) < 4.78 is 14.5. The Morgan fingerprint density at radius 1 is 1.26 bits per heavy atom. The minimum Gasteiger partial charge on any atom is -0.385 e. The lowest BCUT2D eigenvalue weighted by Crippen LogP contribution is -2.13. The largest absolute Gasteiger partial charge is 0.385 e. The Bertz CT molecular complexity index is 522. The van der Waals surface area contributed by atoms with Crippen LogP contribution in [0.5, 0.6) is 0 Å². The SMILES string of the molecule is CC(C)CC(O)c1ncnn1Cc1ccc(F)cc1. The second kappa shape index (κ2) is 5.93. The molecule has 1 aromatic carbocycles. The maximum atomic E-state index is 12.8. The highest BCUT2D eigenvalue weighted by Gasteiger charge is 2.16. The molecule has 0 fully saturated rings. The van der Waals surface area contributed by atoms with E-state index in [2.05, 4.69) is 10.1 Å². The summed E-state index contributed by atoms with van der Waals surface area (Å²) in [7, 11) is 0. The van der Waals surface area contributed by atoms with E-state index in [1.54, 1.807) is 16.8 Å². The average Bonchev–Trinajstić information content (AvgIpc) is 2.79. The summed E-state index contributed by atoms with van der Waals surface area (Å²) in [5.74, 6) is 0.673. The normalized spacial score (nSPS) is 12.9. The van der Waals surface area contributed by atoms with Gasteiger partial charge in [0.25, 0.3) is 0 Å². The highest BCUT2D eigenvalue weighted by Crippen LogP contribution is 2.19. The van der Waals surface area contributed by atoms with Crippen molar-refractivity contribution in [3.8, 4) is 0 Å². The van der Waals surface area contributed by atoms with Crippen molar-refractivity contribution < 1.29 is 9.50 Å². The van der Waals surface area contributed by atoms with E-state index in [1.807, 2.05) is 13.8 Å². The third-order valence-electron chi connectivity index (χ3n) is 2.88. The second-order valence-corrected chi connectivity index (χ2v) is 5.05. The quantitative estimate of drug-likeness (QED) is 0.902. The lowest BCUT2D eigenvalue weighted by atomic mass is 10.1. The van der Waals surface area contributed by atoms with Crippen molar-refractivity contribution in [1.82, 2.24) is 14.8 Å². The Morgan fingerprint density at radius 2 is 1.95 bits per heavy atom. The summed E-state index contributed by atoms with van der Waals surface area (Å²) in [6.45, 7) is 4.57. The number of hydrogen-bond acceptors (Lipinski definition) is 3. The average molecular weight is 263 g/mol. The van der Waals surface area contributed by atoms with Crippen LogP contribution in [0.2, 0.25) is 0 Å². The van der Waals surface area contributed by atoms with E-state index >= 15 is 0 Å². The smallest absolute Gasteiger partial charge is 0.156 e. The molecular weight excluding hydrogens is 245 g/mol. The first-order chi connectivity index (χ1) is 9.06. The van der Waals surface area contributed by atoms with Crippen LogP contribution in [0.25, 0.3) is 0 Å². The molecule has 1 heterocycles.